The quantitative estimate of drug-likeness (QED) is 0.748. The normalized spacial score (nSPS) is 14.3. The van der Waals surface area contributed by atoms with E-state index in [9.17, 15) is 0 Å². The summed E-state index contributed by atoms with van der Waals surface area (Å²) in [6.45, 7) is 6.67. The topological polar surface area (TPSA) is 6.48 Å². The molecule has 0 bridgehead atoms. The molecule has 2 heteroatoms. The van der Waals surface area contributed by atoms with E-state index in [-0.39, 0.29) is 0 Å². The van der Waals surface area contributed by atoms with Crippen LogP contribution in [-0.4, -0.2) is 37.0 Å². The van der Waals surface area contributed by atoms with Crippen LogP contribution in [-0.2, 0) is 0 Å². The smallest absolute Gasteiger partial charge is 0.0317 e. The van der Waals surface area contributed by atoms with E-state index in [2.05, 4.69) is 98.4 Å². The van der Waals surface area contributed by atoms with Gasteiger partial charge in [-0.1, -0.05) is 60.7 Å². The lowest BCUT2D eigenvalue weighted by molar-refractivity contribution is 0.190. The summed E-state index contributed by atoms with van der Waals surface area (Å²) in [5.74, 6) is 0. The van der Waals surface area contributed by atoms with Crippen LogP contribution >= 0.6 is 0 Å². The standard InChI is InChI=1S/C20H28N2/c1-17(19-11-7-5-8-12-19)21(3)15-16-22(4)18(2)20-13-9-6-10-14-20/h5-14,17-18H,15-16H2,1-4H3/t17-,18-/m0/s1. The van der Waals surface area contributed by atoms with Gasteiger partial charge in [0.2, 0.25) is 0 Å². The molecule has 0 fully saturated rings. The van der Waals surface area contributed by atoms with Crippen molar-refractivity contribution >= 4 is 0 Å². The molecule has 0 aliphatic heterocycles. The van der Waals surface area contributed by atoms with Gasteiger partial charge in [-0.3, -0.25) is 9.80 Å². The van der Waals surface area contributed by atoms with Gasteiger partial charge in [0, 0.05) is 25.2 Å². The van der Waals surface area contributed by atoms with Crippen LogP contribution in [0.2, 0.25) is 0 Å². The number of hydrogen-bond acceptors (Lipinski definition) is 2. The summed E-state index contributed by atoms with van der Waals surface area (Å²) in [5.41, 5.74) is 2.76. The first kappa shape index (κ1) is 16.7. The van der Waals surface area contributed by atoms with E-state index in [0.717, 1.165) is 13.1 Å². The highest BCUT2D eigenvalue weighted by Gasteiger charge is 2.15. The van der Waals surface area contributed by atoms with Gasteiger partial charge in [-0.25, -0.2) is 0 Å². The fourth-order valence-electron chi connectivity index (χ4n) is 2.67. The summed E-state index contributed by atoms with van der Waals surface area (Å²) >= 11 is 0. The van der Waals surface area contributed by atoms with E-state index in [0.29, 0.717) is 12.1 Å². The minimum Gasteiger partial charge on any atom is -0.298 e. The molecule has 0 N–H and O–H groups in total. The second-order valence-corrected chi connectivity index (χ2v) is 6.13. The molecule has 0 saturated heterocycles. The number of benzene rings is 2. The summed E-state index contributed by atoms with van der Waals surface area (Å²) < 4.78 is 0. The summed E-state index contributed by atoms with van der Waals surface area (Å²) in [7, 11) is 4.41. The lowest BCUT2D eigenvalue weighted by Crippen LogP contribution is -2.33. The average molecular weight is 296 g/mol. The molecule has 0 radical (unpaired) electrons. The lowest BCUT2D eigenvalue weighted by atomic mass is 10.1. The zero-order chi connectivity index (χ0) is 15.9. The molecule has 0 aliphatic rings. The maximum atomic E-state index is 2.42. The Balaban J connectivity index is 1.86. The van der Waals surface area contributed by atoms with Gasteiger partial charge in [-0.05, 0) is 39.1 Å². The van der Waals surface area contributed by atoms with Crippen LogP contribution in [0.3, 0.4) is 0 Å². The Labute approximate surface area is 135 Å². The Bertz CT molecular complexity index is 487. The third kappa shape index (κ3) is 4.43. The third-order valence-corrected chi connectivity index (χ3v) is 4.69. The van der Waals surface area contributed by atoms with Gasteiger partial charge in [0.1, 0.15) is 0 Å². The predicted molar refractivity (Wildman–Crippen MR) is 95.0 cm³/mol. The molecule has 0 aliphatic carbocycles. The van der Waals surface area contributed by atoms with Crippen LogP contribution in [0.15, 0.2) is 60.7 Å². The molecule has 118 valence electrons. The summed E-state index contributed by atoms with van der Waals surface area (Å²) in [6, 6.07) is 22.3. The van der Waals surface area contributed by atoms with Crippen molar-refractivity contribution in [1.82, 2.24) is 9.80 Å². The van der Waals surface area contributed by atoms with Crippen molar-refractivity contribution in [2.45, 2.75) is 25.9 Å². The number of likely N-dealkylation sites (N-methyl/N-ethyl adjacent to an activating group) is 2. The van der Waals surface area contributed by atoms with Crippen molar-refractivity contribution in [3.63, 3.8) is 0 Å². The average Bonchev–Trinajstić information content (AvgIpc) is 2.59. The highest BCUT2D eigenvalue weighted by molar-refractivity contribution is 5.19. The molecular weight excluding hydrogens is 268 g/mol. The number of hydrogen-bond donors (Lipinski definition) is 0. The first-order valence-corrected chi connectivity index (χ1v) is 8.10. The molecule has 2 atom stereocenters. The second-order valence-electron chi connectivity index (χ2n) is 6.13. The van der Waals surface area contributed by atoms with Gasteiger partial charge in [-0.2, -0.15) is 0 Å². The maximum Gasteiger partial charge on any atom is 0.0317 e. The van der Waals surface area contributed by atoms with E-state index >= 15 is 0 Å². The van der Waals surface area contributed by atoms with Crippen molar-refractivity contribution in [1.29, 1.82) is 0 Å². The molecule has 2 aromatic rings. The Kier molecular flexibility index (Phi) is 6.17. The minimum absolute atomic E-state index is 0.446. The summed E-state index contributed by atoms with van der Waals surface area (Å²) in [5, 5.41) is 0. The lowest BCUT2D eigenvalue weighted by Gasteiger charge is -2.30. The molecule has 2 rings (SSSR count). The summed E-state index contributed by atoms with van der Waals surface area (Å²) in [6.07, 6.45) is 0. The molecule has 2 aromatic carbocycles. The van der Waals surface area contributed by atoms with Gasteiger partial charge in [-0.15, -0.1) is 0 Å². The Morgan fingerprint density at radius 3 is 1.27 bits per heavy atom. The Morgan fingerprint density at radius 2 is 0.955 bits per heavy atom. The zero-order valence-corrected chi connectivity index (χ0v) is 14.2. The molecule has 0 spiro atoms. The molecule has 0 aromatic heterocycles. The van der Waals surface area contributed by atoms with Gasteiger partial charge in [0.15, 0.2) is 0 Å². The number of nitrogens with zero attached hydrogens (tertiary/aromatic N) is 2. The highest BCUT2D eigenvalue weighted by Crippen LogP contribution is 2.20. The fourth-order valence-corrected chi connectivity index (χ4v) is 2.67. The SMILES string of the molecule is C[C@@H](c1ccccc1)N(C)CCN(C)[C@@H](C)c1ccccc1. The Hall–Kier alpha value is -1.64. The van der Waals surface area contributed by atoms with Crippen molar-refractivity contribution in [2.75, 3.05) is 27.2 Å². The van der Waals surface area contributed by atoms with Crippen LogP contribution in [0.25, 0.3) is 0 Å². The van der Waals surface area contributed by atoms with Crippen LogP contribution in [0.5, 0.6) is 0 Å². The molecule has 2 nitrogen and oxygen atoms in total. The van der Waals surface area contributed by atoms with Gasteiger partial charge < -0.3 is 0 Å². The molecule has 0 amide bonds. The van der Waals surface area contributed by atoms with Crippen molar-refractivity contribution in [3.8, 4) is 0 Å². The van der Waals surface area contributed by atoms with Crippen LogP contribution in [0.4, 0.5) is 0 Å². The van der Waals surface area contributed by atoms with E-state index in [1.807, 2.05) is 0 Å². The van der Waals surface area contributed by atoms with Gasteiger partial charge in [0.25, 0.3) is 0 Å². The van der Waals surface area contributed by atoms with Gasteiger partial charge >= 0.3 is 0 Å². The van der Waals surface area contributed by atoms with Crippen molar-refractivity contribution in [3.05, 3.63) is 71.8 Å². The largest absolute Gasteiger partial charge is 0.298 e. The second kappa shape index (κ2) is 8.11. The monoisotopic (exact) mass is 296 g/mol. The van der Waals surface area contributed by atoms with Crippen LogP contribution in [0, 0.1) is 0 Å². The maximum absolute atomic E-state index is 2.42. The third-order valence-electron chi connectivity index (χ3n) is 4.69. The highest BCUT2D eigenvalue weighted by atomic mass is 15.2. The molecule has 0 unspecified atom stereocenters. The first-order valence-electron chi connectivity index (χ1n) is 8.10. The van der Waals surface area contributed by atoms with E-state index < -0.39 is 0 Å². The van der Waals surface area contributed by atoms with E-state index in [1.54, 1.807) is 0 Å². The molecule has 0 saturated carbocycles. The van der Waals surface area contributed by atoms with Crippen LogP contribution < -0.4 is 0 Å². The van der Waals surface area contributed by atoms with Gasteiger partial charge in [0.05, 0.1) is 0 Å². The van der Waals surface area contributed by atoms with E-state index in [4.69, 9.17) is 0 Å². The summed E-state index contributed by atoms with van der Waals surface area (Å²) in [4.78, 5) is 4.84. The fraction of sp³-hybridized carbons (Fsp3) is 0.400. The molecular formula is C20H28N2. The Morgan fingerprint density at radius 1 is 0.636 bits per heavy atom. The molecule has 22 heavy (non-hydrogen) atoms. The molecule has 0 heterocycles. The van der Waals surface area contributed by atoms with Crippen molar-refractivity contribution < 1.29 is 0 Å². The predicted octanol–water partition coefficient (Wildman–Crippen LogP) is 4.37. The van der Waals surface area contributed by atoms with E-state index in [1.165, 1.54) is 11.1 Å². The first-order chi connectivity index (χ1) is 10.6. The van der Waals surface area contributed by atoms with Crippen molar-refractivity contribution in [2.24, 2.45) is 0 Å². The zero-order valence-electron chi connectivity index (χ0n) is 14.2. The minimum atomic E-state index is 0.446. The van der Waals surface area contributed by atoms with Crippen LogP contribution in [0.1, 0.15) is 37.1 Å². The number of rotatable bonds is 7.